The number of aromatic nitrogens is 2. The highest BCUT2D eigenvalue weighted by Gasteiger charge is 2.23. The first kappa shape index (κ1) is 22.4. The van der Waals surface area contributed by atoms with Crippen LogP contribution in [0.1, 0.15) is 48.0 Å². The minimum absolute atomic E-state index is 0.0700. The van der Waals surface area contributed by atoms with Crippen LogP contribution in [0.3, 0.4) is 0 Å². The van der Waals surface area contributed by atoms with Crippen LogP contribution < -0.4 is 4.74 Å². The zero-order valence-electron chi connectivity index (χ0n) is 19.5. The molecule has 2 aliphatic heterocycles. The molecule has 1 N–H and O–H groups in total. The number of carbonyl (C=O) groups is 2. The molecule has 2 aliphatic rings. The maximum absolute atomic E-state index is 13.2. The van der Waals surface area contributed by atoms with Crippen LogP contribution in [-0.2, 0) is 11.2 Å². The molecule has 0 bridgehead atoms. The van der Waals surface area contributed by atoms with Gasteiger partial charge < -0.3 is 14.5 Å². The Bertz CT molecular complexity index is 1160. The summed E-state index contributed by atoms with van der Waals surface area (Å²) in [7, 11) is 0. The van der Waals surface area contributed by atoms with Gasteiger partial charge >= 0.3 is 0 Å². The molecule has 0 unspecified atom stereocenters. The smallest absolute Gasteiger partial charge is 0.253 e. The predicted octanol–water partition coefficient (Wildman–Crippen LogP) is 4.05. The molecule has 2 amide bonds. The maximum atomic E-state index is 13.2. The first-order valence-corrected chi connectivity index (χ1v) is 12.4. The molecule has 178 valence electrons. The average molecular weight is 461 g/mol. The summed E-state index contributed by atoms with van der Waals surface area (Å²) >= 11 is 0. The largest absolute Gasteiger partial charge is 0.492 e. The summed E-state index contributed by atoms with van der Waals surface area (Å²) in [6.07, 6.45) is 7.63. The second-order valence-corrected chi connectivity index (χ2v) is 9.45. The number of rotatable bonds is 7. The summed E-state index contributed by atoms with van der Waals surface area (Å²) in [5.74, 6) is 1.53. The summed E-state index contributed by atoms with van der Waals surface area (Å²) in [5.41, 5.74) is 3.06. The summed E-state index contributed by atoms with van der Waals surface area (Å²) in [6.45, 7) is 3.42. The second-order valence-electron chi connectivity index (χ2n) is 9.45. The molecule has 2 aromatic carbocycles. The van der Waals surface area contributed by atoms with Crippen LogP contribution in [0, 0.1) is 5.92 Å². The lowest BCUT2D eigenvalue weighted by Crippen LogP contribution is -2.32. The molecule has 34 heavy (non-hydrogen) atoms. The van der Waals surface area contributed by atoms with Crippen molar-refractivity contribution < 1.29 is 14.3 Å². The number of hydrogen-bond acceptors (Lipinski definition) is 4. The van der Waals surface area contributed by atoms with Gasteiger partial charge in [0.05, 0.1) is 18.3 Å². The van der Waals surface area contributed by atoms with Gasteiger partial charge in [0.2, 0.25) is 5.91 Å². The highest BCUT2D eigenvalue weighted by Crippen LogP contribution is 2.25. The van der Waals surface area contributed by atoms with E-state index in [4.69, 9.17) is 4.74 Å². The Morgan fingerprint density at radius 2 is 2.03 bits per heavy atom. The van der Waals surface area contributed by atoms with Crippen LogP contribution in [0.2, 0.25) is 0 Å². The topological polar surface area (TPSA) is 78.5 Å². The van der Waals surface area contributed by atoms with Crippen LogP contribution in [0.25, 0.3) is 10.9 Å². The Morgan fingerprint density at radius 3 is 2.91 bits per heavy atom. The first-order valence-electron chi connectivity index (χ1n) is 12.4. The number of likely N-dealkylation sites (tertiary alicyclic amines) is 2. The number of nitrogens with zero attached hydrogens (tertiary/aromatic N) is 3. The fraction of sp³-hybridized carbons (Fsp3) is 0.444. The van der Waals surface area contributed by atoms with E-state index in [1.165, 1.54) is 5.56 Å². The molecule has 0 aliphatic carbocycles. The van der Waals surface area contributed by atoms with Crippen molar-refractivity contribution in [1.29, 1.82) is 0 Å². The molecule has 2 saturated heterocycles. The lowest BCUT2D eigenvalue weighted by molar-refractivity contribution is -0.128. The number of amides is 2. The van der Waals surface area contributed by atoms with Crippen molar-refractivity contribution >= 4 is 22.7 Å². The van der Waals surface area contributed by atoms with Crippen molar-refractivity contribution in [2.24, 2.45) is 5.92 Å². The van der Waals surface area contributed by atoms with Crippen molar-refractivity contribution in [3.63, 3.8) is 0 Å². The van der Waals surface area contributed by atoms with E-state index >= 15 is 0 Å². The summed E-state index contributed by atoms with van der Waals surface area (Å²) in [4.78, 5) is 28.8. The lowest BCUT2D eigenvalue weighted by Gasteiger charge is -2.21. The Hall–Kier alpha value is -3.35. The normalized spacial score (nSPS) is 18.9. The van der Waals surface area contributed by atoms with Crippen molar-refractivity contribution in [1.82, 2.24) is 20.0 Å². The third-order valence-corrected chi connectivity index (χ3v) is 7.05. The van der Waals surface area contributed by atoms with Gasteiger partial charge in [0.1, 0.15) is 12.4 Å². The Kier molecular flexibility index (Phi) is 6.79. The van der Waals surface area contributed by atoms with Crippen molar-refractivity contribution in [2.75, 3.05) is 32.8 Å². The quantitative estimate of drug-likeness (QED) is 0.577. The highest BCUT2D eigenvalue weighted by atomic mass is 16.5. The average Bonchev–Trinajstić information content (AvgIpc) is 3.42. The Balaban J connectivity index is 1.14. The number of fused-ring (bicyclic) bond motifs is 1. The number of H-pyrrole nitrogens is 1. The molecule has 1 aromatic heterocycles. The molecule has 3 aromatic rings. The van der Waals surface area contributed by atoms with E-state index in [0.29, 0.717) is 36.8 Å². The van der Waals surface area contributed by atoms with E-state index < -0.39 is 0 Å². The molecule has 5 rings (SSSR count). The van der Waals surface area contributed by atoms with Crippen LogP contribution >= 0.6 is 0 Å². The molecule has 3 heterocycles. The third kappa shape index (κ3) is 5.24. The number of ether oxygens (including phenoxy) is 1. The van der Waals surface area contributed by atoms with Gasteiger partial charge in [0.25, 0.3) is 5.91 Å². The van der Waals surface area contributed by atoms with Gasteiger partial charge in [0, 0.05) is 37.0 Å². The second kappa shape index (κ2) is 10.3. The van der Waals surface area contributed by atoms with Crippen LogP contribution in [0.15, 0.2) is 48.7 Å². The molecule has 0 radical (unpaired) electrons. The van der Waals surface area contributed by atoms with E-state index in [9.17, 15) is 9.59 Å². The number of nitrogens with one attached hydrogen (secondary N) is 1. The molecule has 7 nitrogen and oxygen atoms in total. The Labute approximate surface area is 200 Å². The number of aromatic amines is 1. The monoisotopic (exact) mass is 460 g/mol. The van der Waals surface area contributed by atoms with Gasteiger partial charge in [-0.2, -0.15) is 5.10 Å². The SMILES string of the molecule is O=C1CCCN1CCOc1cccc(C(=O)N2CCC[C@@H](Cc3ccc4[nH]ncc4c3)CC2)c1. The first-order chi connectivity index (χ1) is 16.7. The molecular formula is C27H32N4O3. The lowest BCUT2D eigenvalue weighted by atomic mass is 9.92. The molecule has 1 atom stereocenters. The van der Waals surface area contributed by atoms with E-state index in [1.807, 2.05) is 40.3 Å². The summed E-state index contributed by atoms with van der Waals surface area (Å²) < 4.78 is 5.86. The van der Waals surface area contributed by atoms with Gasteiger partial charge in [0.15, 0.2) is 0 Å². The summed E-state index contributed by atoms with van der Waals surface area (Å²) in [5, 5.41) is 8.27. The standard InChI is InChI=1S/C27H32N4O3/c32-26-7-3-11-30(26)14-15-34-24-6-1-5-22(18-24)27(33)31-12-2-4-20(10-13-31)16-21-8-9-25-23(17-21)19-28-29-25/h1,5-6,8-9,17-20H,2-4,7,10-16H2,(H,28,29)/t20-/m1/s1. The van der Waals surface area contributed by atoms with Crippen LogP contribution in [0.4, 0.5) is 0 Å². The van der Waals surface area contributed by atoms with Crippen molar-refractivity contribution in [3.05, 3.63) is 59.8 Å². The van der Waals surface area contributed by atoms with Crippen molar-refractivity contribution in [3.8, 4) is 5.75 Å². The fourth-order valence-electron chi connectivity index (χ4n) is 5.14. The Morgan fingerprint density at radius 1 is 1.09 bits per heavy atom. The van der Waals surface area contributed by atoms with Gasteiger partial charge in [-0.1, -0.05) is 12.1 Å². The third-order valence-electron chi connectivity index (χ3n) is 7.05. The molecule has 0 spiro atoms. The van der Waals surface area contributed by atoms with Gasteiger partial charge in [-0.25, -0.2) is 0 Å². The fourth-order valence-corrected chi connectivity index (χ4v) is 5.14. The van der Waals surface area contributed by atoms with Gasteiger partial charge in [-0.3, -0.25) is 14.7 Å². The zero-order chi connectivity index (χ0) is 23.3. The minimum atomic E-state index is 0.0700. The van der Waals surface area contributed by atoms with Crippen LogP contribution in [-0.4, -0.2) is 64.6 Å². The summed E-state index contributed by atoms with van der Waals surface area (Å²) in [6, 6.07) is 13.9. The van der Waals surface area contributed by atoms with Gasteiger partial charge in [-0.05, 0) is 73.9 Å². The van der Waals surface area contributed by atoms with E-state index in [1.54, 1.807) is 0 Å². The highest BCUT2D eigenvalue weighted by molar-refractivity contribution is 5.94. The molecule has 0 saturated carbocycles. The number of carbonyl (C=O) groups excluding carboxylic acids is 2. The maximum Gasteiger partial charge on any atom is 0.253 e. The van der Waals surface area contributed by atoms with E-state index in [2.05, 4.69) is 28.4 Å². The van der Waals surface area contributed by atoms with E-state index in [0.717, 1.165) is 62.6 Å². The minimum Gasteiger partial charge on any atom is -0.492 e. The molecule has 2 fully saturated rings. The number of hydrogen-bond donors (Lipinski definition) is 1. The predicted molar refractivity (Wildman–Crippen MR) is 131 cm³/mol. The van der Waals surface area contributed by atoms with Gasteiger partial charge in [-0.15, -0.1) is 0 Å². The molecule has 7 heteroatoms. The van der Waals surface area contributed by atoms with Crippen LogP contribution in [0.5, 0.6) is 5.75 Å². The number of benzene rings is 2. The van der Waals surface area contributed by atoms with E-state index in [-0.39, 0.29) is 11.8 Å². The van der Waals surface area contributed by atoms with Crippen molar-refractivity contribution in [2.45, 2.75) is 38.5 Å². The molecular weight excluding hydrogens is 428 g/mol. The zero-order valence-corrected chi connectivity index (χ0v) is 19.5.